The van der Waals surface area contributed by atoms with E-state index in [-0.39, 0.29) is 55.0 Å². The fourth-order valence-corrected chi connectivity index (χ4v) is 12.6. The lowest BCUT2D eigenvalue weighted by Gasteiger charge is -2.42. The molecule has 4 aliphatic carbocycles. The minimum atomic E-state index is -1.47. The molecule has 12 heteroatoms. The Morgan fingerprint density at radius 1 is 0.917 bits per heavy atom. The van der Waals surface area contributed by atoms with Gasteiger partial charge in [0, 0.05) is 60.9 Å². The molecule has 0 saturated heterocycles. The molecule has 1 saturated carbocycles. The van der Waals surface area contributed by atoms with Crippen molar-refractivity contribution < 1.29 is 39.9 Å². The number of aliphatic hydroxyl groups is 3. The molecule has 9 unspecified atom stereocenters. The van der Waals surface area contributed by atoms with E-state index in [1.54, 1.807) is 30.5 Å². The van der Waals surface area contributed by atoms with Crippen molar-refractivity contribution in [2.75, 3.05) is 20.2 Å². The SMILES string of the molecule is CNCC1C#CC2[N-]c3[nH]ccc3C3C=CC(c4ccc(cc43)Cc3cc(cc(OC4CCCC4)c3O)CCC(=O)C(CCO)C(=O)C3C2=Cc2[n-]ccc2C3CC2(O)C=Cc3c(O)cccc3CC2)C1O. The van der Waals surface area contributed by atoms with Crippen LogP contribution in [-0.2, 0) is 28.9 Å². The van der Waals surface area contributed by atoms with Gasteiger partial charge in [-0.05, 0) is 122 Å². The fraction of sp³-hybridized carbons (Fsp3) is 0.400. The van der Waals surface area contributed by atoms with E-state index in [0.29, 0.717) is 59.8 Å². The number of Topliss-reactive ketones (excluding diaryl/α,β-unsaturated/α-hetero) is 2. The topological polar surface area (TPSA) is 201 Å². The second kappa shape index (κ2) is 19.8. The first-order valence-electron chi connectivity index (χ1n) is 25.8. The number of phenolic OH excluding ortho intramolecular Hbond substituents is 2. The van der Waals surface area contributed by atoms with Crippen LogP contribution in [-0.4, -0.2) is 86.1 Å². The van der Waals surface area contributed by atoms with E-state index in [4.69, 9.17) is 15.0 Å². The molecule has 5 heterocycles. The lowest BCUT2D eigenvalue weighted by molar-refractivity contribution is -0.135. The lowest BCUT2D eigenvalue weighted by Crippen LogP contribution is -2.41. The third-order valence-electron chi connectivity index (χ3n) is 16.3. The van der Waals surface area contributed by atoms with E-state index < -0.39 is 59.7 Å². The molecule has 3 aliphatic heterocycles. The summed E-state index contributed by atoms with van der Waals surface area (Å²) in [6.45, 7) is -0.0713. The highest BCUT2D eigenvalue weighted by Gasteiger charge is 2.45. The van der Waals surface area contributed by atoms with Crippen molar-refractivity contribution in [1.82, 2.24) is 15.3 Å². The number of aliphatic hydroxyl groups excluding tert-OH is 2. The van der Waals surface area contributed by atoms with Crippen LogP contribution in [0.5, 0.6) is 17.2 Å². The molecule has 9 atom stereocenters. The monoisotopic (exact) mass is 966 g/mol. The summed E-state index contributed by atoms with van der Waals surface area (Å²) in [6.07, 6.45) is 17.2. The second-order valence-electron chi connectivity index (χ2n) is 20.8. The number of aromatic hydroxyl groups is 2. The Morgan fingerprint density at radius 2 is 1.78 bits per heavy atom. The van der Waals surface area contributed by atoms with Crippen LogP contribution in [0.15, 0.2) is 96.9 Å². The van der Waals surface area contributed by atoms with Gasteiger partial charge in [-0.15, -0.1) is 5.69 Å². The number of H-pyrrole nitrogens is 1. The molecular formula is C60H62N4O8-2. The number of phenols is 2. The number of ketones is 2. The number of benzene rings is 3. The number of aromatic nitrogens is 2. The zero-order valence-electron chi connectivity index (χ0n) is 40.6. The molecule has 1 fully saturated rings. The van der Waals surface area contributed by atoms with Gasteiger partial charge < -0.3 is 50.9 Å². The maximum Gasteiger partial charge on any atom is 0.161 e. The number of ether oxygens (including phenoxy) is 1. The largest absolute Gasteiger partial charge is 0.664 e. The lowest BCUT2D eigenvalue weighted by atomic mass is 9.65. The summed E-state index contributed by atoms with van der Waals surface area (Å²) in [6, 6.07) is 18.3. The number of hydrogen-bond donors (Lipinski definition) is 7. The average Bonchev–Trinajstić information content (AvgIpc) is 4.16. The normalized spacial score (nSPS) is 27.8. The number of hydrogen-bond acceptors (Lipinski definition) is 9. The Morgan fingerprint density at radius 3 is 2.61 bits per heavy atom. The maximum atomic E-state index is 16.0. The second-order valence-corrected chi connectivity index (χ2v) is 20.8. The summed E-state index contributed by atoms with van der Waals surface area (Å²) in [5.74, 6) is 2.96. The predicted molar refractivity (Wildman–Crippen MR) is 275 cm³/mol. The number of nitrogens with one attached hydrogen (secondary N) is 2. The molecule has 7 aliphatic rings. The van der Waals surface area contributed by atoms with E-state index in [0.717, 1.165) is 64.6 Å². The first-order chi connectivity index (χ1) is 35.0. The van der Waals surface area contributed by atoms with Crippen LogP contribution >= 0.6 is 0 Å². The Hall–Kier alpha value is -6.62. The number of carbonyl (C=O) groups excluding carboxylic acids is 2. The van der Waals surface area contributed by atoms with E-state index in [1.807, 2.05) is 49.7 Å². The molecule has 0 spiro atoms. The third kappa shape index (κ3) is 9.02. The Bertz CT molecular complexity index is 3050. The molecule has 12 nitrogen and oxygen atoms in total. The van der Waals surface area contributed by atoms with Crippen LogP contribution < -0.4 is 15.0 Å². The van der Waals surface area contributed by atoms with Crippen LogP contribution in [0.2, 0.25) is 0 Å². The summed E-state index contributed by atoms with van der Waals surface area (Å²) in [5.41, 5.74) is 7.11. The standard InChI is InChI=1S/C60H62N4O8/c1-61-33-37-11-15-50-48-31-51-43(19-24-62-51)49(32-60(71)22-17-36-5-4-8-52(66)40(36)18-23-60)55(48)58(70)46(21-26-65)53(67)16-10-35-28-38(57(69)54(30-35)72-39-6-2-3-7-39)27-34-9-12-41-44(56(37)68)14-13-42(47(41)29-34)45-20-25-63-59(45)64-50/h4-5,8-9,12-14,18-20,23-25,28-31,37,39,42,44,46,49-50,55-56,61,63,65-66,68-69,71H,2-3,6-7,10,16-17,21-22,26-27,32-33H2,1H3/q-2. The van der Waals surface area contributed by atoms with E-state index in [2.05, 4.69) is 52.5 Å². The molecule has 2 aromatic heterocycles. The molecule has 0 radical (unpaired) electrons. The smallest absolute Gasteiger partial charge is 0.161 e. The van der Waals surface area contributed by atoms with Crippen molar-refractivity contribution in [2.24, 2.45) is 17.8 Å². The molecule has 7 N–H and O–H groups in total. The van der Waals surface area contributed by atoms with Crippen LogP contribution in [0, 0.1) is 29.6 Å². The van der Waals surface area contributed by atoms with Gasteiger partial charge in [0.2, 0.25) is 0 Å². The summed E-state index contributed by atoms with van der Waals surface area (Å²) in [7, 11) is 1.82. The Balaban J connectivity index is 1.10. The van der Waals surface area contributed by atoms with Gasteiger partial charge >= 0.3 is 0 Å². The number of aryl methyl sites for hydroxylation is 2. The minimum absolute atomic E-state index is 0.0190. The quantitative estimate of drug-likeness (QED) is 0.0451. The van der Waals surface area contributed by atoms with E-state index in [1.165, 1.54) is 0 Å². The van der Waals surface area contributed by atoms with Gasteiger partial charge in [-0.2, -0.15) is 6.20 Å². The first kappa shape index (κ1) is 47.7. The Labute approximate surface area is 420 Å². The zero-order valence-corrected chi connectivity index (χ0v) is 40.6. The number of fused-ring (bicyclic) bond motifs is 8. The summed E-state index contributed by atoms with van der Waals surface area (Å²) >= 11 is 0. The van der Waals surface area contributed by atoms with Crippen molar-refractivity contribution in [3.8, 4) is 29.1 Å². The maximum absolute atomic E-state index is 16.0. The van der Waals surface area contributed by atoms with Crippen molar-refractivity contribution in [2.45, 2.75) is 112 Å². The highest BCUT2D eigenvalue weighted by atomic mass is 16.5. The van der Waals surface area contributed by atoms with Gasteiger partial charge in [-0.25, -0.2) is 0 Å². The molecular weight excluding hydrogens is 905 g/mol. The predicted octanol–water partition coefficient (Wildman–Crippen LogP) is 8.33. The average molecular weight is 967 g/mol. The zero-order chi connectivity index (χ0) is 49.7. The highest BCUT2D eigenvalue weighted by Crippen LogP contribution is 2.51. The minimum Gasteiger partial charge on any atom is -0.664 e. The summed E-state index contributed by atoms with van der Waals surface area (Å²) in [4.78, 5) is 39.2. The molecule has 5 aromatic rings. The van der Waals surface area contributed by atoms with Gasteiger partial charge in [-0.3, -0.25) is 9.59 Å². The molecule has 372 valence electrons. The van der Waals surface area contributed by atoms with Crippen molar-refractivity contribution in [3.63, 3.8) is 0 Å². The number of nitrogens with zero attached hydrogens (tertiary/aromatic N) is 2. The van der Waals surface area contributed by atoms with Crippen LogP contribution in [0.3, 0.4) is 0 Å². The van der Waals surface area contributed by atoms with Gasteiger partial charge in [-0.1, -0.05) is 108 Å². The molecule has 72 heavy (non-hydrogen) atoms. The van der Waals surface area contributed by atoms with Gasteiger partial charge in [0.1, 0.15) is 11.5 Å². The van der Waals surface area contributed by atoms with Crippen molar-refractivity contribution >= 4 is 29.5 Å². The van der Waals surface area contributed by atoms with Crippen LogP contribution in [0.25, 0.3) is 17.5 Å². The highest BCUT2D eigenvalue weighted by molar-refractivity contribution is 6.05. The first-order valence-corrected chi connectivity index (χ1v) is 25.8. The van der Waals surface area contributed by atoms with Crippen LogP contribution in [0.1, 0.15) is 125 Å². The number of rotatable bonds is 8. The molecule has 7 bridgehead atoms. The summed E-state index contributed by atoms with van der Waals surface area (Å²) in [5, 5.41) is 67.5. The third-order valence-corrected chi connectivity index (χ3v) is 16.3. The van der Waals surface area contributed by atoms with Crippen molar-refractivity contribution in [3.05, 3.63) is 158 Å². The number of carbonyl (C=O) groups is 2. The molecule has 12 rings (SSSR count). The van der Waals surface area contributed by atoms with Gasteiger partial charge in [0.15, 0.2) is 17.3 Å². The number of aromatic amines is 1. The molecule has 3 aromatic carbocycles. The fourth-order valence-electron chi connectivity index (χ4n) is 12.6. The van der Waals surface area contributed by atoms with E-state index >= 15 is 4.79 Å². The number of allylic oxidation sites excluding steroid dienone is 1. The van der Waals surface area contributed by atoms with Gasteiger partial charge in [0.05, 0.1) is 29.6 Å². The van der Waals surface area contributed by atoms with Gasteiger partial charge in [0.25, 0.3) is 0 Å². The van der Waals surface area contributed by atoms with E-state index in [9.17, 15) is 30.3 Å². The Kier molecular flexibility index (Phi) is 13.1. The van der Waals surface area contributed by atoms with Crippen LogP contribution in [0.4, 0.5) is 5.82 Å². The summed E-state index contributed by atoms with van der Waals surface area (Å²) < 4.78 is 6.52. The van der Waals surface area contributed by atoms with Crippen molar-refractivity contribution in [1.29, 1.82) is 0 Å². The molecule has 0 amide bonds.